The molecule has 7 nitrogen and oxygen atoms in total. The summed E-state index contributed by atoms with van der Waals surface area (Å²) in [5, 5.41) is 7.18. The van der Waals surface area contributed by atoms with Crippen molar-refractivity contribution in [3.8, 4) is 0 Å². The Balaban J connectivity index is 1.91. The summed E-state index contributed by atoms with van der Waals surface area (Å²) in [4.78, 5) is 26.7. The fourth-order valence-corrected chi connectivity index (χ4v) is 3.58. The van der Waals surface area contributed by atoms with Crippen LogP contribution in [-0.2, 0) is 6.54 Å². The number of benzene rings is 1. The highest BCUT2D eigenvalue weighted by Gasteiger charge is 2.21. The van der Waals surface area contributed by atoms with Crippen molar-refractivity contribution in [2.24, 2.45) is 11.7 Å². The van der Waals surface area contributed by atoms with Gasteiger partial charge in [-0.25, -0.2) is 0 Å². The number of piperidine rings is 1. The van der Waals surface area contributed by atoms with E-state index in [1.807, 2.05) is 13.0 Å². The third-order valence-corrected chi connectivity index (χ3v) is 4.91. The maximum Gasteiger partial charge on any atom is 0.273 e. The van der Waals surface area contributed by atoms with Crippen molar-refractivity contribution in [2.75, 3.05) is 23.3 Å². The van der Waals surface area contributed by atoms with E-state index < -0.39 is 5.91 Å². The molecular weight excluding hydrogens is 342 g/mol. The number of hydrogen-bond acceptors (Lipinski definition) is 4. The number of nitrogens with two attached hydrogens (primary N) is 1. The van der Waals surface area contributed by atoms with Crippen LogP contribution in [0.3, 0.4) is 0 Å². The normalized spacial score (nSPS) is 17.0. The minimum atomic E-state index is -0.514. The Morgan fingerprint density at radius 1 is 1.33 bits per heavy atom. The molecule has 3 N–H and O–H groups in total. The Hall–Kier alpha value is -2.83. The summed E-state index contributed by atoms with van der Waals surface area (Å²) >= 11 is 0. The van der Waals surface area contributed by atoms with E-state index in [0.717, 1.165) is 31.6 Å². The van der Waals surface area contributed by atoms with E-state index in [1.165, 1.54) is 6.42 Å². The van der Waals surface area contributed by atoms with Crippen LogP contribution in [0.15, 0.2) is 30.5 Å². The SMILES string of the molecule is CCCn1nccc1C(=O)Nc1cc(C(N)=O)ccc1N1CCC[C@H](C)C1. The number of hydrogen-bond donors (Lipinski definition) is 2. The van der Waals surface area contributed by atoms with E-state index in [0.29, 0.717) is 29.4 Å². The zero-order valence-electron chi connectivity index (χ0n) is 15.9. The molecule has 27 heavy (non-hydrogen) atoms. The van der Waals surface area contributed by atoms with Gasteiger partial charge in [0.15, 0.2) is 0 Å². The maximum absolute atomic E-state index is 12.8. The van der Waals surface area contributed by atoms with E-state index in [1.54, 1.807) is 29.1 Å². The molecule has 1 aliphatic heterocycles. The standard InChI is InChI=1S/C20H27N5O2/c1-3-10-25-18(8-9-22-25)20(27)23-16-12-15(19(21)26)6-7-17(16)24-11-4-5-14(2)13-24/h6-9,12,14H,3-5,10-11,13H2,1-2H3,(H2,21,26)(H,23,27)/t14-/m0/s1. The monoisotopic (exact) mass is 369 g/mol. The first-order valence-electron chi connectivity index (χ1n) is 9.51. The molecule has 1 fully saturated rings. The molecule has 1 atom stereocenters. The minimum absolute atomic E-state index is 0.242. The van der Waals surface area contributed by atoms with Crippen molar-refractivity contribution in [1.82, 2.24) is 9.78 Å². The smallest absolute Gasteiger partial charge is 0.273 e. The number of carbonyl (C=O) groups excluding carboxylic acids is 2. The van der Waals surface area contributed by atoms with Crippen LogP contribution in [0.4, 0.5) is 11.4 Å². The summed E-state index contributed by atoms with van der Waals surface area (Å²) in [7, 11) is 0. The van der Waals surface area contributed by atoms with Gasteiger partial charge in [-0.15, -0.1) is 0 Å². The average Bonchev–Trinajstić information content (AvgIpc) is 3.10. The van der Waals surface area contributed by atoms with E-state index in [2.05, 4.69) is 22.2 Å². The van der Waals surface area contributed by atoms with Crippen molar-refractivity contribution in [2.45, 2.75) is 39.7 Å². The molecule has 0 saturated carbocycles. The number of aromatic nitrogens is 2. The van der Waals surface area contributed by atoms with Crippen molar-refractivity contribution in [3.63, 3.8) is 0 Å². The second-order valence-electron chi connectivity index (χ2n) is 7.18. The molecule has 0 unspecified atom stereocenters. The van der Waals surface area contributed by atoms with Crippen LogP contribution in [0.5, 0.6) is 0 Å². The Bertz CT molecular complexity index is 830. The van der Waals surface area contributed by atoms with Crippen LogP contribution in [0, 0.1) is 5.92 Å². The van der Waals surface area contributed by atoms with Crippen LogP contribution in [0.2, 0.25) is 0 Å². The highest BCUT2D eigenvalue weighted by molar-refractivity contribution is 6.06. The summed E-state index contributed by atoms with van der Waals surface area (Å²) < 4.78 is 1.69. The zero-order valence-corrected chi connectivity index (χ0v) is 15.9. The van der Waals surface area contributed by atoms with Gasteiger partial charge in [0, 0.05) is 31.4 Å². The molecule has 7 heteroatoms. The molecule has 2 heterocycles. The second kappa shape index (κ2) is 8.24. The molecule has 1 aromatic heterocycles. The molecule has 0 spiro atoms. The molecule has 3 rings (SSSR count). The number of primary amides is 1. The molecule has 1 saturated heterocycles. The summed E-state index contributed by atoms with van der Waals surface area (Å²) in [6.45, 7) is 6.79. The second-order valence-corrected chi connectivity index (χ2v) is 7.18. The Morgan fingerprint density at radius 2 is 2.15 bits per heavy atom. The van der Waals surface area contributed by atoms with Gasteiger partial charge in [-0.2, -0.15) is 5.10 Å². The Labute approximate surface area is 159 Å². The molecule has 0 radical (unpaired) electrons. The number of nitrogens with one attached hydrogen (secondary N) is 1. The van der Waals surface area contributed by atoms with Crippen molar-refractivity contribution >= 4 is 23.2 Å². The maximum atomic E-state index is 12.8. The van der Waals surface area contributed by atoms with Gasteiger partial charge in [-0.3, -0.25) is 14.3 Å². The average molecular weight is 369 g/mol. The lowest BCUT2D eigenvalue weighted by molar-refractivity contribution is 0.0994. The van der Waals surface area contributed by atoms with Crippen LogP contribution in [-0.4, -0.2) is 34.7 Å². The number of rotatable bonds is 6. The van der Waals surface area contributed by atoms with E-state index >= 15 is 0 Å². The largest absolute Gasteiger partial charge is 0.370 e. The predicted molar refractivity (Wildman–Crippen MR) is 106 cm³/mol. The van der Waals surface area contributed by atoms with E-state index in [4.69, 9.17) is 5.73 Å². The van der Waals surface area contributed by atoms with Gasteiger partial charge in [-0.05, 0) is 49.4 Å². The Kier molecular flexibility index (Phi) is 5.78. The first kappa shape index (κ1) is 18.9. The van der Waals surface area contributed by atoms with Gasteiger partial charge in [-0.1, -0.05) is 13.8 Å². The van der Waals surface area contributed by atoms with Crippen molar-refractivity contribution in [1.29, 1.82) is 0 Å². The van der Waals surface area contributed by atoms with E-state index in [-0.39, 0.29) is 5.91 Å². The molecule has 2 amide bonds. The van der Waals surface area contributed by atoms with Crippen LogP contribution >= 0.6 is 0 Å². The highest BCUT2D eigenvalue weighted by atomic mass is 16.2. The first-order valence-corrected chi connectivity index (χ1v) is 9.51. The molecule has 144 valence electrons. The summed E-state index contributed by atoms with van der Waals surface area (Å²) in [6, 6.07) is 6.95. The molecular formula is C20H27N5O2. The fraction of sp³-hybridized carbons (Fsp3) is 0.450. The lowest BCUT2D eigenvalue weighted by Gasteiger charge is -2.34. The third kappa shape index (κ3) is 4.30. The fourth-order valence-electron chi connectivity index (χ4n) is 3.58. The summed E-state index contributed by atoms with van der Waals surface area (Å²) in [6.07, 6.45) is 4.82. The van der Waals surface area contributed by atoms with Crippen molar-refractivity contribution in [3.05, 3.63) is 41.7 Å². The zero-order chi connectivity index (χ0) is 19.4. The van der Waals surface area contributed by atoms with Crippen LogP contribution in [0.25, 0.3) is 0 Å². The van der Waals surface area contributed by atoms with Crippen LogP contribution in [0.1, 0.15) is 54.0 Å². The van der Waals surface area contributed by atoms with Crippen molar-refractivity contribution < 1.29 is 9.59 Å². The number of carbonyl (C=O) groups is 2. The van der Waals surface area contributed by atoms with Gasteiger partial charge >= 0.3 is 0 Å². The molecule has 0 bridgehead atoms. The molecule has 1 aromatic carbocycles. The number of nitrogens with zero attached hydrogens (tertiary/aromatic N) is 3. The van der Waals surface area contributed by atoms with Gasteiger partial charge < -0.3 is 16.0 Å². The highest BCUT2D eigenvalue weighted by Crippen LogP contribution is 2.31. The Morgan fingerprint density at radius 3 is 2.85 bits per heavy atom. The summed E-state index contributed by atoms with van der Waals surface area (Å²) in [5.41, 5.74) is 7.84. The minimum Gasteiger partial charge on any atom is -0.370 e. The van der Waals surface area contributed by atoms with Gasteiger partial charge in [0.25, 0.3) is 5.91 Å². The quantitative estimate of drug-likeness (QED) is 0.819. The van der Waals surface area contributed by atoms with Gasteiger partial charge in [0.1, 0.15) is 5.69 Å². The van der Waals surface area contributed by atoms with E-state index in [9.17, 15) is 9.59 Å². The number of amides is 2. The topological polar surface area (TPSA) is 93.2 Å². The number of aryl methyl sites for hydroxylation is 1. The van der Waals surface area contributed by atoms with Gasteiger partial charge in [0.05, 0.1) is 11.4 Å². The molecule has 1 aliphatic rings. The van der Waals surface area contributed by atoms with Gasteiger partial charge in [0.2, 0.25) is 5.91 Å². The first-order chi connectivity index (χ1) is 13.0. The number of anilines is 2. The van der Waals surface area contributed by atoms with Crippen LogP contribution < -0.4 is 16.0 Å². The lowest BCUT2D eigenvalue weighted by atomic mass is 9.99. The lowest BCUT2D eigenvalue weighted by Crippen LogP contribution is -2.35. The predicted octanol–water partition coefficient (Wildman–Crippen LogP) is 2.88. The third-order valence-electron chi connectivity index (χ3n) is 4.91. The summed E-state index contributed by atoms with van der Waals surface area (Å²) in [5.74, 6) is -0.168. The molecule has 0 aliphatic carbocycles. The molecule has 2 aromatic rings.